The first-order valence-electron chi connectivity index (χ1n) is 8.24. The predicted octanol–water partition coefficient (Wildman–Crippen LogP) is 3.80. The highest BCUT2D eigenvalue weighted by Crippen LogP contribution is 2.23. The monoisotopic (exact) mass is 365 g/mol. The zero-order valence-electron chi connectivity index (χ0n) is 15.2. The van der Waals surface area contributed by atoms with E-state index in [9.17, 15) is 9.59 Å². The van der Waals surface area contributed by atoms with Gasteiger partial charge < -0.3 is 19.8 Å². The lowest BCUT2D eigenvalue weighted by molar-refractivity contribution is 0.101. The summed E-state index contributed by atoms with van der Waals surface area (Å²) < 4.78 is 10.0. The molecule has 7 heteroatoms. The molecule has 0 aliphatic heterocycles. The SMILES string of the molecule is COc1ccc(C)c(NC(=O)c2ccc(C)c(NC(=O)c3cocn3)c2)c1. The molecule has 0 atom stereocenters. The lowest BCUT2D eigenvalue weighted by Crippen LogP contribution is -2.16. The number of benzene rings is 2. The number of hydrogen-bond acceptors (Lipinski definition) is 5. The number of hydrogen-bond donors (Lipinski definition) is 2. The summed E-state index contributed by atoms with van der Waals surface area (Å²) >= 11 is 0. The van der Waals surface area contributed by atoms with E-state index in [0.717, 1.165) is 11.1 Å². The molecule has 0 bridgehead atoms. The molecule has 2 N–H and O–H groups in total. The molecule has 138 valence electrons. The van der Waals surface area contributed by atoms with Crippen LogP contribution in [0.25, 0.3) is 0 Å². The Morgan fingerprint density at radius 2 is 1.63 bits per heavy atom. The molecule has 0 unspecified atom stereocenters. The van der Waals surface area contributed by atoms with Crippen LogP contribution in [0.5, 0.6) is 5.75 Å². The lowest BCUT2D eigenvalue weighted by atomic mass is 10.1. The fourth-order valence-corrected chi connectivity index (χ4v) is 2.47. The third-order valence-electron chi connectivity index (χ3n) is 4.11. The van der Waals surface area contributed by atoms with Crippen LogP contribution >= 0.6 is 0 Å². The number of aromatic nitrogens is 1. The molecular weight excluding hydrogens is 346 g/mol. The van der Waals surface area contributed by atoms with E-state index >= 15 is 0 Å². The van der Waals surface area contributed by atoms with Crippen molar-refractivity contribution in [1.82, 2.24) is 4.98 Å². The van der Waals surface area contributed by atoms with Crippen LogP contribution in [0.1, 0.15) is 32.0 Å². The summed E-state index contributed by atoms with van der Waals surface area (Å²) in [7, 11) is 1.57. The molecule has 7 nitrogen and oxygen atoms in total. The number of nitrogens with one attached hydrogen (secondary N) is 2. The number of nitrogens with zero attached hydrogens (tertiary/aromatic N) is 1. The molecule has 0 saturated heterocycles. The molecule has 2 aromatic carbocycles. The maximum atomic E-state index is 12.7. The maximum Gasteiger partial charge on any atom is 0.277 e. The van der Waals surface area contributed by atoms with E-state index in [1.165, 1.54) is 12.7 Å². The van der Waals surface area contributed by atoms with E-state index in [0.29, 0.717) is 22.7 Å². The largest absolute Gasteiger partial charge is 0.497 e. The number of amides is 2. The van der Waals surface area contributed by atoms with Gasteiger partial charge >= 0.3 is 0 Å². The van der Waals surface area contributed by atoms with Crippen LogP contribution in [0, 0.1) is 13.8 Å². The Morgan fingerprint density at radius 3 is 2.30 bits per heavy atom. The van der Waals surface area contributed by atoms with E-state index in [1.807, 2.05) is 26.0 Å². The number of carbonyl (C=O) groups excluding carboxylic acids is 2. The summed E-state index contributed by atoms with van der Waals surface area (Å²) in [5.74, 6) is -0.0447. The van der Waals surface area contributed by atoms with Crippen molar-refractivity contribution in [3.05, 3.63) is 71.4 Å². The number of oxazole rings is 1. The quantitative estimate of drug-likeness (QED) is 0.717. The molecule has 0 fully saturated rings. The van der Waals surface area contributed by atoms with Gasteiger partial charge in [-0.1, -0.05) is 12.1 Å². The first kappa shape index (κ1) is 18.2. The normalized spacial score (nSPS) is 10.3. The van der Waals surface area contributed by atoms with E-state index in [1.54, 1.807) is 31.4 Å². The van der Waals surface area contributed by atoms with Crippen molar-refractivity contribution in [1.29, 1.82) is 0 Å². The highest BCUT2D eigenvalue weighted by Gasteiger charge is 2.14. The van der Waals surface area contributed by atoms with Crippen molar-refractivity contribution < 1.29 is 18.7 Å². The summed E-state index contributed by atoms with van der Waals surface area (Å²) in [6.07, 6.45) is 2.44. The van der Waals surface area contributed by atoms with Gasteiger partial charge in [0.25, 0.3) is 11.8 Å². The summed E-state index contributed by atoms with van der Waals surface area (Å²) in [6.45, 7) is 3.74. The van der Waals surface area contributed by atoms with Gasteiger partial charge in [0.1, 0.15) is 12.0 Å². The van der Waals surface area contributed by atoms with Gasteiger partial charge in [0.15, 0.2) is 12.1 Å². The third-order valence-corrected chi connectivity index (χ3v) is 4.11. The van der Waals surface area contributed by atoms with E-state index in [-0.39, 0.29) is 11.6 Å². The highest BCUT2D eigenvalue weighted by atomic mass is 16.5. The average molecular weight is 365 g/mol. The van der Waals surface area contributed by atoms with Gasteiger partial charge in [0, 0.05) is 23.0 Å². The van der Waals surface area contributed by atoms with Gasteiger partial charge in [-0.3, -0.25) is 9.59 Å². The summed E-state index contributed by atoms with van der Waals surface area (Å²) in [6, 6.07) is 10.5. The molecule has 3 aromatic rings. The van der Waals surface area contributed by atoms with Gasteiger partial charge in [-0.05, 0) is 43.2 Å². The van der Waals surface area contributed by atoms with E-state index < -0.39 is 5.91 Å². The Bertz CT molecular complexity index is 981. The van der Waals surface area contributed by atoms with Crippen molar-refractivity contribution in [2.45, 2.75) is 13.8 Å². The van der Waals surface area contributed by atoms with Crippen molar-refractivity contribution in [2.75, 3.05) is 17.7 Å². The van der Waals surface area contributed by atoms with Crippen LogP contribution in [0.3, 0.4) is 0 Å². The van der Waals surface area contributed by atoms with E-state index in [4.69, 9.17) is 9.15 Å². The van der Waals surface area contributed by atoms with Gasteiger partial charge in [0.2, 0.25) is 0 Å². The molecule has 0 aliphatic carbocycles. The molecular formula is C20H19N3O4. The molecule has 0 saturated carbocycles. The van der Waals surface area contributed by atoms with Gasteiger partial charge in [-0.25, -0.2) is 4.98 Å². The number of methoxy groups -OCH3 is 1. The minimum atomic E-state index is -0.409. The standard InChI is InChI=1S/C20H19N3O4/c1-12-4-6-14(8-16(12)23-20(25)18-10-27-11-21-18)19(24)22-17-9-15(26-3)7-5-13(17)2/h4-11H,1-3H3,(H,22,24)(H,23,25). The molecule has 0 aliphatic rings. The summed E-state index contributed by atoms with van der Waals surface area (Å²) in [5, 5.41) is 5.61. The zero-order valence-corrected chi connectivity index (χ0v) is 15.2. The Morgan fingerprint density at radius 1 is 0.963 bits per heavy atom. The first-order valence-corrected chi connectivity index (χ1v) is 8.24. The summed E-state index contributed by atoms with van der Waals surface area (Å²) in [5.41, 5.74) is 3.50. The molecule has 3 rings (SSSR count). The minimum Gasteiger partial charge on any atom is -0.497 e. The van der Waals surface area contributed by atoms with Crippen molar-refractivity contribution in [3.63, 3.8) is 0 Å². The fourth-order valence-electron chi connectivity index (χ4n) is 2.47. The Balaban J connectivity index is 1.81. The second kappa shape index (κ2) is 7.74. The highest BCUT2D eigenvalue weighted by molar-refractivity contribution is 6.07. The number of carbonyl (C=O) groups is 2. The van der Waals surface area contributed by atoms with Crippen LogP contribution in [0.15, 0.2) is 53.5 Å². The minimum absolute atomic E-state index is 0.163. The van der Waals surface area contributed by atoms with Crippen LogP contribution in [0.4, 0.5) is 11.4 Å². The van der Waals surface area contributed by atoms with Crippen LogP contribution in [0.2, 0.25) is 0 Å². The molecule has 27 heavy (non-hydrogen) atoms. The van der Waals surface area contributed by atoms with Crippen LogP contribution < -0.4 is 15.4 Å². The average Bonchev–Trinajstić information content (AvgIpc) is 3.20. The molecule has 1 aromatic heterocycles. The fraction of sp³-hybridized carbons (Fsp3) is 0.150. The second-order valence-corrected chi connectivity index (χ2v) is 5.99. The Hall–Kier alpha value is -3.61. The Labute approximate surface area is 156 Å². The number of ether oxygens (including phenoxy) is 1. The molecule has 0 radical (unpaired) electrons. The van der Waals surface area contributed by atoms with Gasteiger partial charge in [0.05, 0.1) is 7.11 Å². The molecule has 1 heterocycles. The van der Waals surface area contributed by atoms with Crippen molar-refractivity contribution in [3.8, 4) is 5.75 Å². The van der Waals surface area contributed by atoms with Crippen molar-refractivity contribution >= 4 is 23.2 Å². The second-order valence-electron chi connectivity index (χ2n) is 5.99. The Kier molecular flexibility index (Phi) is 5.21. The van der Waals surface area contributed by atoms with Crippen LogP contribution in [-0.4, -0.2) is 23.9 Å². The third kappa shape index (κ3) is 4.14. The van der Waals surface area contributed by atoms with Crippen LogP contribution in [-0.2, 0) is 0 Å². The summed E-state index contributed by atoms with van der Waals surface area (Å²) in [4.78, 5) is 28.6. The number of aryl methyl sites for hydroxylation is 2. The number of rotatable bonds is 5. The predicted molar refractivity (Wildman–Crippen MR) is 101 cm³/mol. The molecule has 2 amide bonds. The van der Waals surface area contributed by atoms with Crippen molar-refractivity contribution in [2.24, 2.45) is 0 Å². The van der Waals surface area contributed by atoms with Gasteiger partial charge in [-0.15, -0.1) is 0 Å². The topological polar surface area (TPSA) is 93.5 Å². The zero-order chi connectivity index (χ0) is 19.4. The lowest BCUT2D eigenvalue weighted by Gasteiger charge is -2.12. The maximum absolute atomic E-state index is 12.7. The number of anilines is 2. The molecule has 0 spiro atoms. The first-order chi connectivity index (χ1) is 13.0. The van der Waals surface area contributed by atoms with E-state index in [2.05, 4.69) is 15.6 Å². The smallest absolute Gasteiger partial charge is 0.277 e. The van der Waals surface area contributed by atoms with Gasteiger partial charge in [-0.2, -0.15) is 0 Å².